The molecule has 4 nitrogen and oxygen atoms in total. The molecule has 0 heterocycles. The third-order valence-corrected chi connectivity index (χ3v) is 2.61. The number of rotatable bonds is 5. The molecular formula is C12H20N2O2. The number of hydrogen-bond acceptors (Lipinski definition) is 4. The van der Waals surface area contributed by atoms with E-state index in [9.17, 15) is 0 Å². The topological polar surface area (TPSA) is 56.5 Å². The van der Waals surface area contributed by atoms with Crippen LogP contribution in [-0.4, -0.2) is 14.2 Å². The Morgan fingerprint density at radius 2 is 1.75 bits per heavy atom. The molecule has 0 amide bonds. The van der Waals surface area contributed by atoms with Crippen molar-refractivity contribution in [1.29, 1.82) is 0 Å². The fraction of sp³-hybridized carbons (Fsp3) is 0.500. The van der Waals surface area contributed by atoms with Crippen molar-refractivity contribution in [3.05, 3.63) is 23.8 Å². The average Bonchev–Trinajstić information content (AvgIpc) is 2.29. The number of nitrogens with two attached hydrogens (primary N) is 1. The minimum Gasteiger partial charge on any atom is -0.493 e. The summed E-state index contributed by atoms with van der Waals surface area (Å²) in [5.41, 5.74) is 3.90. The Morgan fingerprint density at radius 3 is 2.19 bits per heavy atom. The molecule has 1 aromatic carbocycles. The van der Waals surface area contributed by atoms with E-state index in [-0.39, 0.29) is 6.04 Å². The minimum absolute atomic E-state index is 0.111. The summed E-state index contributed by atoms with van der Waals surface area (Å²) in [6.07, 6.45) is 0. The zero-order valence-corrected chi connectivity index (χ0v) is 10.3. The Hall–Kier alpha value is -1.26. The van der Waals surface area contributed by atoms with Gasteiger partial charge in [0.1, 0.15) is 0 Å². The highest BCUT2D eigenvalue weighted by Gasteiger charge is 2.16. The third kappa shape index (κ3) is 2.65. The summed E-state index contributed by atoms with van der Waals surface area (Å²) in [7, 11) is 3.25. The van der Waals surface area contributed by atoms with Gasteiger partial charge >= 0.3 is 0 Å². The highest BCUT2D eigenvalue weighted by atomic mass is 16.5. The molecule has 0 aliphatic carbocycles. The molecule has 1 aromatic rings. The lowest BCUT2D eigenvalue weighted by Gasteiger charge is -2.21. The van der Waals surface area contributed by atoms with Crippen LogP contribution in [0.5, 0.6) is 11.5 Å². The van der Waals surface area contributed by atoms with Crippen LogP contribution in [0, 0.1) is 5.92 Å². The van der Waals surface area contributed by atoms with Gasteiger partial charge in [0.05, 0.1) is 14.2 Å². The third-order valence-electron chi connectivity index (χ3n) is 2.61. The molecule has 0 spiro atoms. The zero-order valence-electron chi connectivity index (χ0n) is 10.3. The number of benzene rings is 1. The smallest absolute Gasteiger partial charge is 0.161 e. The van der Waals surface area contributed by atoms with Gasteiger partial charge in [0.25, 0.3) is 0 Å². The summed E-state index contributed by atoms with van der Waals surface area (Å²) < 4.78 is 10.4. The normalized spacial score (nSPS) is 12.6. The van der Waals surface area contributed by atoms with Gasteiger partial charge in [-0.2, -0.15) is 0 Å². The summed E-state index contributed by atoms with van der Waals surface area (Å²) in [5.74, 6) is 7.40. The van der Waals surface area contributed by atoms with Gasteiger partial charge in [-0.15, -0.1) is 0 Å². The highest BCUT2D eigenvalue weighted by molar-refractivity contribution is 5.43. The lowest BCUT2D eigenvalue weighted by Crippen LogP contribution is -2.31. The molecule has 0 saturated heterocycles. The first-order chi connectivity index (χ1) is 7.63. The average molecular weight is 224 g/mol. The Balaban J connectivity index is 3.06. The standard InChI is InChI=1S/C12H20N2O2/c1-8(2)12(14-13)9-5-6-10(15-3)11(7-9)16-4/h5-8,12,14H,13H2,1-4H3. The summed E-state index contributed by atoms with van der Waals surface area (Å²) in [4.78, 5) is 0. The molecule has 1 unspecified atom stereocenters. The second-order valence-corrected chi connectivity index (χ2v) is 4.00. The quantitative estimate of drug-likeness (QED) is 0.592. The first-order valence-corrected chi connectivity index (χ1v) is 5.32. The SMILES string of the molecule is COc1ccc(C(NN)C(C)C)cc1OC. The van der Waals surface area contributed by atoms with Crippen LogP contribution in [0.4, 0.5) is 0 Å². The van der Waals surface area contributed by atoms with Crippen molar-refractivity contribution in [2.24, 2.45) is 11.8 Å². The van der Waals surface area contributed by atoms with E-state index in [1.165, 1.54) is 0 Å². The van der Waals surface area contributed by atoms with E-state index in [4.69, 9.17) is 15.3 Å². The second-order valence-electron chi connectivity index (χ2n) is 4.00. The maximum Gasteiger partial charge on any atom is 0.161 e. The van der Waals surface area contributed by atoms with E-state index in [1.54, 1.807) is 14.2 Å². The van der Waals surface area contributed by atoms with Crippen molar-refractivity contribution in [1.82, 2.24) is 5.43 Å². The van der Waals surface area contributed by atoms with E-state index in [0.29, 0.717) is 5.92 Å². The summed E-state index contributed by atoms with van der Waals surface area (Å²) in [6.45, 7) is 4.22. The molecule has 0 aliphatic rings. The van der Waals surface area contributed by atoms with Crippen LogP contribution < -0.4 is 20.7 Å². The maximum absolute atomic E-state index is 5.55. The van der Waals surface area contributed by atoms with Crippen molar-refractivity contribution in [3.8, 4) is 11.5 Å². The molecule has 16 heavy (non-hydrogen) atoms. The van der Waals surface area contributed by atoms with E-state index in [2.05, 4.69) is 19.3 Å². The molecule has 0 radical (unpaired) electrons. The molecule has 0 fully saturated rings. The van der Waals surface area contributed by atoms with Gasteiger partial charge in [-0.05, 0) is 23.6 Å². The number of ether oxygens (including phenoxy) is 2. The highest BCUT2D eigenvalue weighted by Crippen LogP contribution is 2.31. The lowest BCUT2D eigenvalue weighted by atomic mass is 9.96. The number of methoxy groups -OCH3 is 2. The molecule has 0 aliphatic heterocycles. The van der Waals surface area contributed by atoms with Crippen LogP contribution in [0.1, 0.15) is 25.5 Å². The van der Waals surface area contributed by atoms with Gasteiger partial charge in [-0.1, -0.05) is 19.9 Å². The summed E-state index contributed by atoms with van der Waals surface area (Å²) in [5, 5.41) is 0. The molecule has 0 bridgehead atoms. The Labute approximate surface area is 96.7 Å². The first kappa shape index (κ1) is 12.8. The van der Waals surface area contributed by atoms with Crippen LogP contribution in [0.3, 0.4) is 0 Å². The van der Waals surface area contributed by atoms with Crippen LogP contribution in [0.2, 0.25) is 0 Å². The Kier molecular flexibility index (Phi) is 4.58. The molecule has 1 rings (SSSR count). The molecule has 3 N–H and O–H groups in total. The van der Waals surface area contributed by atoms with Gasteiger partial charge in [-0.25, -0.2) is 0 Å². The van der Waals surface area contributed by atoms with Gasteiger partial charge < -0.3 is 9.47 Å². The molecule has 0 aromatic heterocycles. The first-order valence-electron chi connectivity index (χ1n) is 5.32. The van der Waals surface area contributed by atoms with Crippen LogP contribution >= 0.6 is 0 Å². The van der Waals surface area contributed by atoms with Gasteiger partial charge in [0.15, 0.2) is 11.5 Å². The van der Waals surface area contributed by atoms with E-state index < -0.39 is 0 Å². The van der Waals surface area contributed by atoms with E-state index in [1.807, 2.05) is 18.2 Å². The fourth-order valence-corrected chi connectivity index (χ4v) is 1.72. The minimum atomic E-state index is 0.111. The Bertz CT molecular complexity index is 340. The predicted molar refractivity (Wildman–Crippen MR) is 64.4 cm³/mol. The molecular weight excluding hydrogens is 204 g/mol. The Morgan fingerprint density at radius 1 is 1.12 bits per heavy atom. The van der Waals surface area contributed by atoms with Gasteiger partial charge in [0.2, 0.25) is 0 Å². The predicted octanol–water partition coefficient (Wildman–Crippen LogP) is 1.86. The van der Waals surface area contributed by atoms with Crippen molar-refractivity contribution in [2.45, 2.75) is 19.9 Å². The zero-order chi connectivity index (χ0) is 12.1. The van der Waals surface area contributed by atoms with Crippen molar-refractivity contribution in [2.75, 3.05) is 14.2 Å². The number of hydrazine groups is 1. The molecule has 90 valence electrons. The van der Waals surface area contributed by atoms with Crippen LogP contribution in [-0.2, 0) is 0 Å². The van der Waals surface area contributed by atoms with Crippen molar-refractivity contribution in [3.63, 3.8) is 0 Å². The number of hydrogen-bond donors (Lipinski definition) is 2. The number of nitrogens with one attached hydrogen (secondary N) is 1. The molecule has 0 saturated carbocycles. The van der Waals surface area contributed by atoms with Gasteiger partial charge in [-0.3, -0.25) is 11.3 Å². The van der Waals surface area contributed by atoms with E-state index in [0.717, 1.165) is 17.1 Å². The fourth-order valence-electron chi connectivity index (χ4n) is 1.72. The van der Waals surface area contributed by atoms with Gasteiger partial charge in [0, 0.05) is 6.04 Å². The molecule has 1 atom stereocenters. The summed E-state index contributed by atoms with van der Waals surface area (Å²) >= 11 is 0. The monoisotopic (exact) mass is 224 g/mol. The largest absolute Gasteiger partial charge is 0.493 e. The second kappa shape index (κ2) is 5.72. The molecule has 4 heteroatoms. The van der Waals surface area contributed by atoms with Crippen LogP contribution in [0.25, 0.3) is 0 Å². The van der Waals surface area contributed by atoms with Crippen molar-refractivity contribution < 1.29 is 9.47 Å². The van der Waals surface area contributed by atoms with Crippen molar-refractivity contribution >= 4 is 0 Å². The maximum atomic E-state index is 5.55. The van der Waals surface area contributed by atoms with Crippen LogP contribution in [0.15, 0.2) is 18.2 Å². The van der Waals surface area contributed by atoms with E-state index >= 15 is 0 Å². The summed E-state index contributed by atoms with van der Waals surface area (Å²) in [6, 6.07) is 5.94. The lowest BCUT2D eigenvalue weighted by molar-refractivity contribution is 0.352.